The normalized spacial score (nSPS) is 16.0. The van der Waals surface area contributed by atoms with Gasteiger partial charge in [0.05, 0.1) is 12.0 Å². The molecule has 0 bridgehead atoms. The molecule has 3 aromatic rings. The van der Waals surface area contributed by atoms with Gasteiger partial charge in [-0.05, 0) is 31.9 Å². The maximum Gasteiger partial charge on any atom is 0.227 e. The topological polar surface area (TPSA) is 113 Å². The maximum absolute atomic E-state index is 12.8. The van der Waals surface area contributed by atoms with E-state index in [9.17, 15) is 4.79 Å². The van der Waals surface area contributed by atoms with E-state index in [1.807, 2.05) is 34.9 Å². The standard InChI is InChI=1S/C20H25N7OS/c1-13-11-29-15-8-5-4-7-14(15)27(13)16(28)9-3-2-6-10-22-18-17-19(24-12-23-17)26-20(21)25-18/h4-5,7-8,12-13H,2-3,6,9-11H2,1H3,(H4,21,22,23,24,25,26). The molecule has 9 heteroatoms. The smallest absolute Gasteiger partial charge is 0.227 e. The second kappa shape index (κ2) is 8.69. The lowest BCUT2D eigenvalue weighted by Gasteiger charge is -2.34. The summed E-state index contributed by atoms with van der Waals surface area (Å²) < 4.78 is 0. The molecule has 1 atom stereocenters. The second-order valence-electron chi connectivity index (χ2n) is 7.16. The number of H-pyrrole nitrogens is 1. The first kappa shape index (κ1) is 19.5. The molecule has 3 heterocycles. The van der Waals surface area contributed by atoms with E-state index in [0.717, 1.165) is 42.8 Å². The highest BCUT2D eigenvalue weighted by atomic mass is 32.2. The van der Waals surface area contributed by atoms with Crippen LogP contribution in [0.15, 0.2) is 35.5 Å². The number of aromatic amines is 1. The molecule has 1 aromatic carbocycles. The number of amides is 1. The number of unbranched alkanes of at least 4 members (excludes halogenated alkanes) is 2. The summed E-state index contributed by atoms with van der Waals surface area (Å²) in [5.41, 5.74) is 8.08. The zero-order valence-electron chi connectivity index (χ0n) is 16.4. The van der Waals surface area contributed by atoms with Crippen LogP contribution in [0.2, 0.25) is 0 Å². The third-order valence-corrected chi connectivity index (χ3v) is 6.28. The molecule has 29 heavy (non-hydrogen) atoms. The largest absolute Gasteiger partial charge is 0.368 e. The van der Waals surface area contributed by atoms with Gasteiger partial charge in [0.15, 0.2) is 11.5 Å². The van der Waals surface area contributed by atoms with Gasteiger partial charge in [0.25, 0.3) is 0 Å². The molecule has 0 saturated heterocycles. The van der Waals surface area contributed by atoms with Crippen molar-refractivity contribution in [2.24, 2.45) is 0 Å². The first-order valence-electron chi connectivity index (χ1n) is 9.88. The molecule has 1 aliphatic rings. The van der Waals surface area contributed by atoms with Gasteiger partial charge < -0.3 is 20.9 Å². The Bertz CT molecular complexity index is 1010. The number of nitrogens with one attached hydrogen (secondary N) is 2. The summed E-state index contributed by atoms with van der Waals surface area (Å²) in [5.74, 6) is 2.02. The van der Waals surface area contributed by atoms with Crippen LogP contribution in [-0.2, 0) is 4.79 Å². The monoisotopic (exact) mass is 411 g/mol. The predicted molar refractivity (Wildman–Crippen MR) is 117 cm³/mol. The summed E-state index contributed by atoms with van der Waals surface area (Å²) in [6.45, 7) is 2.87. The number of carbonyl (C=O) groups excluding carboxylic acids is 1. The van der Waals surface area contributed by atoms with Crippen LogP contribution in [0.1, 0.15) is 32.6 Å². The molecular weight excluding hydrogens is 386 g/mol. The van der Waals surface area contributed by atoms with Crippen molar-refractivity contribution in [3.8, 4) is 0 Å². The minimum absolute atomic E-state index is 0.201. The van der Waals surface area contributed by atoms with Crippen LogP contribution < -0.4 is 16.0 Å². The van der Waals surface area contributed by atoms with E-state index in [-0.39, 0.29) is 17.9 Å². The first-order chi connectivity index (χ1) is 14.1. The Balaban J connectivity index is 1.25. The van der Waals surface area contributed by atoms with E-state index in [2.05, 4.69) is 38.2 Å². The number of benzene rings is 1. The summed E-state index contributed by atoms with van der Waals surface area (Å²) in [4.78, 5) is 31.5. The van der Waals surface area contributed by atoms with Crippen molar-refractivity contribution in [1.29, 1.82) is 0 Å². The van der Waals surface area contributed by atoms with Crippen LogP contribution in [0.4, 0.5) is 17.5 Å². The number of hydrogen-bond acceptors (Lipinski definition) is 7. The van der Waals surface area contributed by atoms with E-state index in [1.165, 1.54) is 4.90 Å². The third-order valence-electron chi connectivity index (χ3n) is 4.98. The molecule has 0 spiro atoms. The molecule has 1 amide bonds. The zero-order chi connectivity index (χ0) is 20.2. The number of fused-ring (bicyclic) bond motifs is 2. The molecule has 4 rings (SSSR count). The van der Waals surface area contributed by atoms with Gasteiger partial charge in [-0.25, -0.2) is 4.98 Å². The lowest BCUT2D eigenvalue weighted by molar-refractivity contribution is -0.119. The van der Waals surface area contributed by atoms with Gasteiger partial charge in [0.1, 0.15) is 5.52 Å². The van der Waals surface area contributed by atoms with Gasteiger partial charge in [-0.15, -0.1) is 11.8 Å². The van der Waals surface area contributed by atoms with E-state index in [1.54, 1.807) is 6.33 Å². The number of rotatable bonds is 7. The summed E-state index contributed by atoms with van der Waals surface area (Å²) in [6, 6.07) is 8.39. The van der Waals surface area contributed by atoms with Gasteiger partial charge in [0, 0.05) is 29.7 Å². The number of thioether (sulfide) groups is 1. The first-order valence-corrected chi connectivity index (χ1v) is 10.9. The van der Waals surface area contributed by atoms with Crippen molar-refractivity contribution in [2.45, 2.75) is 43.5 Å². The van der Waals surface area contributed by atoms with E-state index >= 15 is 0 Å². The fourth-order valence-electron chi connectivity index (χ4n) is 3.56. The molecule has 0 radical (unpaired) electrons. The van der Waals surface area contributed by atoms with Crippen molar-refractivity contribution in [2.75, 3.05) is 28.2 Å². The SMILES string of the molecule is CC1CSc2ccccc2N1C(=O)CCCCCNc1nc(N)nc2nc[nH]c12. The van der Waals surface area contributed by atoms with Crippen molar-refractivity contribution < 1.29 is 4.79 Å². The molecule has 0 saturated carbocycles. The van der Waals surface area contributed by atoms with Crippen LogP contribution >= 0.6 is 11.8 Å². The fourth-order valence-corrected chi connectivity index (χ4v) is 4.62. The lowest BCUT2D eigenvalue weighted by Crippen LogP contribution is -2.42. The van der Waals surface area contributed by atoms with Crippen LogP contribution in [-0.4, -0.2) is 44.2 Å². The molecule has 8 nitrogen and oxygen atoms in total. The van der Waals surface area contributed by atoms with Crippen molar-refractivity contribution in [1.82, 2.24) is 19.9 Å². The molecule has 0 aliphatic carbocycles. The van der Waals surface area contributed by atoms with Crippen LogP contribution in [0.25, 0.3) is 11.2 Å². The Kier molecular flexibility index (Phi) is 5.84. The molecule has 152 valence electrons. The average Bonchev–Trinajstić information content (AvgIpc) is 3.18. The van der Waals surface area contributed by atoms with E-state index < -0.39 is 0 Å². The molecule has 2 aromatic heterocycles. The number of anilines is 3. The number of carbonyl (C=O) groups is 1. The van der Waals surface area contributed by atoms with Gasteiger partial charge in [0.2, 0.25) is 11.9 Å². The van der Waals surface area contributed by atoms with Crippen molar-refractivity contribution in [3.05, 3.63) is 30.6 Å². The van der Waals surface area contributed by atoms with Crippen molar-refractivity contribution in [3.63, 3.8) is 0 Å². The maximum atomic E-state index is 12.8. The Morgan fingerprint density at radius 3 is 3.07 bits per heavy atom. The number of nitrogens with two attached hydrogens (primary N) is 1. The van der Waals surface area contributed by atoms with Gasteiger partial charge >= 0.3 is 0 Å². The fraction of sp³-hybridized carbons (Fsp3) is 0.400. The Hall–Kier alpha value is -2.81. The van der Waals surface area contributed by atoms with Crippen LogP contribution in [0.5, 0.6) is 0 Å². The molecule has 4 N–H and O–H groups in total. The quantitative estimate of drug-likeness (QED) is 0.510. The van der Waals surface area contributed by atoms with Crippen molar-refractivity contribution >= 4 is 46.3 Å². The molecule has 1 unspecified atom stereocenters. The molecular formula is C20H25N7OS. The van der Waals surface area contributed by atoms with E-state index in [4.69, 9.17) is 5.73 Å². The van der Waals surface area contributed by atoms with Crippen LogP contribution in [0.3, 0.4) is 0 Å². The summed E-state index contributed by atoms with van der Waals surface area (Å²) in [6.07, 6.45) is 4.91. The minimum Gasteiger partial charge on any atom is -0.368 e. The lowest BCUT2D eigenvalue weighted by atomic mass is 10.1. The number of nitrogen functional groups attached to an aromatic ring is 1. The van der Waals surface area contributed by atoms with Crippen LogP contribution in [0, 0.1) is 0 Å². The zero-order valence-corrected chi connectivity index (χ0v) is 17.2. The highest BCUT2D eigenvalue weighted by Crippen LogP contribution is 2.37. The number of imidazole rings is 1. The second-order valence-corrected chi connectivity index (χ2v) is 8.22. The number of hydrogen-bond donors (Lipinski definition) is 3. The van der Waals surface area contributed by atoms with E-state index in [0.29, 0.717) is 17.9 Å². The van der Waals surface area contributed by atoms with Gasteiger partial charge in [-0.3, -0.25) is 4.79 Å². The van der Waals surface area contributed by atoms with Gasteiger partial charge in [-0.2, -0.15) is 9.97 Å². The third kappa shape index (κ3) is 4.29. The number of nitrogens with zero attached hydrogens (tertiary/aromatic N) is 4. The highest BCUT2D eigenvalue weighted by Gasteiger charge is 2.27. The molecule has 0 fully saturated rings. The Labute approximate surface area is 173 Å². The average molecular weight is 412 g/mol. The summed E-state index contributed by atoms with van der Waals surface area (Å²) >= 11 is 1.82. The Morgan fingerprint density at radius 2 is 2.17 bits per heavy atom. The van der Waals surface area contributed by atoms with Gasteiger partial charge in [-0.1, -0.05) is 18.6 Å². The Morgan fingerprint density at radius 1 is 1.31 bits per heavy atom. The number of para-hydroxylation sites is 1. The summed E-state index contributed by atoms with van der Waals surface area (Å²) in [5, 5.41) is 3.29. The number of aromatic nitrogens is 4. The highest BCUT2D eigenvalue weighted by molar-refractivity contribution is 7.99. The summed E-state index contributed by atoms with van der Waals surface area (Å²) in [7, 11) is 0. The minimum atomic E-state index is 0.201. The predicted octanol–water partition coefficient (Wildman–Crippen LogP) is 3.43. The molecule has 1 aliphatic heterocycles.